The molecule has 2 nitrogen and oxygen atoms in total. The molecule has 0 aliphatic heterocycles. The van der Waals surface area contributed by atoms with E-state index in [-0.39, 0.29) is 5.91 Å². The van der Waals surface area contributed by atoms with Crippen LogP contribution >= 0.6 is 15.9 Å². The van der Waals surface area contributed by atoms with Gasteiger partial charge in [0.1, 0.15) is 0 Å². The first-order chi connectivity index (χ1) is 8.99. The van der Waals surface area contributed by atoms with E-state index in [1.165, 1.54) is 0 Å². The SMILES string of the molecule is CC(C)(NC(=O)c1ccc(Br)cc1)c1ccccc1. The largest absolute Gasteiger partial charge is 0.343 e. The van der Waals surface area contributed by atoms with Gasteiger partial charge in [0.2, 0.25) is 0 Å². The minimum atomic E-state index is -0.397. The van der Waals surface area contributed by atoms with Gasteiger partial charge in [0.15, 0.2) is 0 Å². The molecule has 0 fully saturated rings. The van der Waals surface area contributed by atoms with E-state index in [9.17, 15) is 4.79 Å². The highest BCUT2D eigenvalue weighted by Gasteiger charge is 2.22. The molecular weight excluding hydrogens is 302 g/mol. The van der Waals surface area contributed by atoms with E-state index in [0.717, 1.165) is 10.0 Å². The van der Waals surface area contributed by atoms with Gasteiger partial charge >= 0.3 is 0 Å². The smallest absolute Gasteiger partial charge is 0.251 e. The highest BCUT2D eigenvalue weighted by Crippen LogP contribution is 2.20. The number of amides is 1. The molecule has 0 radical (unpaired) electrons. The number of carbonyl (C=O) groups excluding carboxylic acids is 1. The highest BCUT2D eigenvalue weighted by atomic mass is 79.9. The fraction of sp³-hybridized carbons (Fsp3) is 0.188. The van der Waals surface area contributed by atoms with Crippen LogP contribution in [0.25, 0.3) is 0 Å². The summed E-state index contributed by atoms with van der Waals surface area (Å²) in [6.07, 6.45) is 0. The number of benzene rings is 2. The van der Waals surface area contributed by atoms with Crippen LogP contribution in [0, 0.1) is 0 Å². The van der Waals surface area contributed by atoms with Crippen LogP contribution in [-0.2, 0) is 5.54 Å². The fourth-order valence-corrected chi connectivity index (χ4v) is 2.15. The third-order valence-corrected chi connectivity index (χ3v) is 3.56. The lowest BCUT2D eigenvalue weighted by Gasteiger charge is -2.27. The summed E-state index contributed by atoms with van der Waals surface area (Å²) in [6.45, 7) is 4.00. The number of nitrogens with one attached hydrogen (secondary N) is 1. The number of hydrogen-bond donors (Lipinski definition) is 1. The minimum absolute atomic E-state index is 0.0682. The molecule has 2 aromatic rings. The summed E-state index contributed by atoms with van der Waals surface area (Å²) in [5, 5.41) is 3.05. The van der Waals surface area contributed by atoms with Crippen LogP contribution in [0.1, 0.15) is 29.8 Å². The van der Waals surface area contributed by atoms with E-state index in [1.807, 2.05) is 56.3 Å². The van der Waals surface area contributed by atoms with E-state index < -0.39 is 5.54 Å². The lowest BCUT2D eigenvalue weighted by atomic mass is 9.94. The number of hydrogen-bond acceptors (Lipinski definition) is 1. The van der Waals surface area contributed by atoms with Crippen molar-refractivity contribution >= 4 is 21.8 Å². The van der Waals surface area contributed by atoms with Gasteiger partial charge in [-0.3, -0.25) is 4.79 Å². The molecule has 0 bridgehead atoms. The molecule has 98 valence electrons. The Balaban J connectivity index is 2.16. The van der Waals surface area contributed by atoms with Gasteiger partial charge in [0, 0.05) is 10.0 Å². The zero-order valence-electron chi connectivity index (χ0n) is 11.0. The first-order valence-electron chi connectivity index (χ1n) is 6.13. The van der Waals surface area contributed by atoms with Crippen molar-refractivity contribution < 1.29 is 4.79 Å². The molecule has 0 saturated carbocycles. The van der Waals surface area contributed by atoms with Crippen LogP contribution in [-0.4, -0.2) is 5.91 Å². The van der Waals surface area contributed by atoms with Crippen LogP contribution < -0.4 is 5.32 Å². The lowest BCUT2D eigenvalue weighted by molar-refractivity contribution is 0.0912. The number of halogens is 1. The number of rotatable bonds is 3. The standard InChI is InChI=1S/C16H16BrNO/c1-16(2,13-6-4-3-5-7-13)18-15(19)12-8-10-14(17)11-9-12/h3-11H,1-2H3,(H,18,19). The molecule has 2 aromatic carbocycles. The molecule has 3 heteroatoms. The predicted molar refractivity (Wildman–Crippen MR) is 81.1 cm³/mol. The topological polar surface area (TPSA) is 29.1 Å². The van der Waals surface area contributed by atoms with Crippen LogP contribution in [0.5, 0.6) is 0 Å². The summed E-state index contributed by atoms with van der Waals surface area (Å²) in [5.41, 5.74) is 1.35. The Bertz CT molecular complexity index is 561. The zero-order valence-corrected chi connectivity index (χ0v) is 12.6. The molecule has 1 amide bonds. The third-order valence-electron chi connectivity index (χ3n) is 3.03. The van der Waals surface area contributed by atoms with Crippen molar-refractivity contribution in [1.29, 1.82) is 0 Å². The maximum Gasteiger partial charge on any atom is 0.251 e. The molecule has 1 N–H and O–H groups in total. The first-order valence-corrected chi connectivity index (χ1v) is 6.92. The van der Waals surface area contributed by atoms with Crippen molar-refractivity contribution in [3.05, 3.63) is 70.2 Å². The van der Waals surface area contributed by atoms with Crippen molar-refractivity contribution in [2.75, 3.05) is 0 Å². The average Bonchev–Trinajstić information content (AvgIpc) is 2.40. The lowest BCUT2D eigenvalue weighted by Crippen LogP contribution is -2.40. The van der Waals surface area contributed by atoms with Gasteiger partial charge in [-0.15, -0.1) is 0 Å². The number of carbonyl (C=O) groups is 1. The second-order valence-electron chi connectivity index (χ2n) is 4.95. The van der Waals surface area contributed by atoms with Gasteiger partial charge in [0.05, 0.1) is 5.54 Å². The summed E-state index contributed by atoms with van der Waals surface area (Å²) in [4.78, 5) is 12.2. The molecular formula is C16H16BrNO. The van der Waals surface area contributed by atoms with Gasteiger partial charge in [0.25, 0.3) is 5.91 Å². The highest BCUT2D eigenvalue weighted by molar-refractivity contribution is 9.10. The maximum atomic E-state index is 12.2. The maximum absolute atomic E-state index is 12.2. The van der Waals surface area contributed by atoms with E-state index in [0.29, 0.717) is 5.56 Å². The Morgan fingerprint density at radius 2 is 1.58 bits per heavy atom. The van der Waals surface area contributed by atoms with Crippen molar-refractivity contribution in [3.8, 4) is 0 Å². The summed E-state index contributed by atoms with van der Waals surface area (Å²) in [6, 6.07) is 17.3. The molecule has 0 spiro atoms. The Hall–Kier alpha value is -1.61. The van der Waals surface area contributed by atoms with E-state index >= 15 is 0 Å². The van der Waals surface area contributed by atoms with Gasteiger partial charge < -0.3 is 5.32 Å². The zero-order chi connectivity index (χ0) is 13.9. The Morgan fingerprint density at radius 3 is 2.16 bits per heavy atom. The summed E-state index contributed by atoms with van der Waals surface area (Å²) in [5.74, 6) is -0.0682. The van der Waals surface area contributed by atoms with Crippen molar-refractivity contribution in [2.24, 2.45) is 0 Å². The van der Waals surface area contributed by atoms with Crippen molar-refractivity contribution in [2.45, 2.75) is 19.4 Å². The Kier molecular flexibility index (Phi) is 4.05. The molecule has 0 aliphatic carbocycles. The predicted octanol–water partition coefficient (Wildman–Crippen LogP) is 4.11. The molecule has 19 heavy (non-hydrogen) atoms. The van der Waals surface area contributed by atoms with Gasteiger partial charge in [-0.1, -0.05) is 46.3 Å². The van der Waals surface area contributed by atoms with Crippen molar-refractivity contribution in [1.82, 2.24) is 5.32 Å². The van der Waals surface area contributed by atoms with Gasteiger partial charge in [-0.05, 0) is 43.7 Å². The molecule has 0 aromatic heterocycles. The second kappa shape index (κ2) is 5.57. The third kappa shape index (κ3) is 3.44. The van der Waals surface area contributed by atoms with Crippen LogP contribution in [0.2, 0.25) is 0 Å². The normalized spacial score (nSPS) is 11.1. The summed E-state index contributed by atoms with van der Waals surface area (Å²) < 4.78 is 0.964. The van der Waals surface area contributed by atoms with E-state index in [1.54, 1.807) is 12.1 Å². The fourth-order valence-electron chi connectivity index (χ4n) is 1.88. The van der Waals surface area contributed by atoms with Crippen LogP contribution in [0.4, 0.5) is 0 Å². The minimum Gasteiger partial charge on any atom is -0.343 e. The summed E-state index contributed by atoms with van der Waals surface area (Å²) in [7, 11) is 0. The molecule has 2 rings (SSSR count). The van der Waals surface area contributed by atoms with Gasteiger partial charge in [-0.25, -0.2) is 0 Å². The first kappa shape index (κ1) is 13.8. The van der Waals surface area contributed by atoms with E-state index in [2.05, 4.69) is 21.2 Å². The van der Waals surface area contributed by atoms with Crippen LogP contribution in [0.3, 0.4) is 0 Å². The average molecular weight is 318 g/mol. The quantitative estimate of drug-likeness (QED) is 0.906. The van der Waals surface area contributed by atoms with E-state index in [4.69, 9.17) is 0 Å². The summed E-state index contributed by atoms with van der Waals surface area (Å²) >= 11 is 3.36. The molecule has 0 saturated heterocycles. The Morgan fingerprint density at radius 1 is 1.00 bits per heavy atom. The second-order valence-corrected chi connectivity index (χ2v) is 5.87. The Labute approximate surface area is 122 Å². The molecule has 0 heterocycles. The van der Waals surface area contributed by atoms with Gasteiger partial charge in [-0.2, -0.15) is 0 Å². The molecule has 0 aliphatic rings. The monoisotopic (exact) mass is 317 g/mol. The van der Waals surface area contributed by atoms with Crippen LogP contribution in [0.15, 0.2) is 59.1 Å². The molecule has 0 atom stereocenters. The molecule has 0 unspecified atom stereocenters. The van der Waals surface area contributed by atoms with Crippen molar-refractivity contribution in [3.63, 3.8) is 0 Å².